The second kappa shape index (κ2) is 8.79. The molecule has 0 aromatic carbocycles. The summed E-state index contributed by atoms with van der Waals surface area (Å²) in [5.74, 6) is 0.0281. The number of carboxylic acids is 1. The van der Waals surface area contributed by atoms with Crippen LogP contribution in [-0.2, 0) is 4.79 Å². The van der Waals surface area contributed by atoms with Crippen molar-refractivity contribution < 1.29 is 14.7 Å². The van der Waals surface area contributed by atoms with Crippen LogP contribution in [-0.4, -0.2) is 54.7 Å². The van der Waals surface area contributed by atoms with Gasteiger partial charge in [0.05, 0.1) is 0 Å². The molecule has 116 valence electrons. The van der Waals surface area contributed by atoms with E-state index in [4.69, 9.17) is 5.11 Å². The zero-order valence-corrected chi connectivity index (χ0v) is 12.5. The van der Waals surface area contributed by atoms with Crippen LogP contribution in [0.4, 0.5) is 4.79 Å². The molecule has 0 aromatic heterocycles. The van der Waals surface area contributed by atoms with Gasteiger partial charge in [-0.1, -0.05) is 13.8 Å². The molecule has 0 aliphatic carbocycles. The van der Waals surface area contributed by atoms with Gasteiger partial charge in [-0.3, -0.25) is 4.79 Å². The van der Waals surface area contributed by atoms with E-state index in [2.05, 4.69) is 24.5 Å². The Balaban J connectivity index is 2.25. The Morgan fingerprint density at radius 2 is 1.90 bits per heavy atom. The summed E-state index contributed by atoms with van der Waals surface area (Å²) in [7, 11) is 0. The molecule has 6 nitrogen and oxygen atoms in total. The maximum absolute atomic E-state index is 11.9. The van der Waals surface area contributed by atoms with E-state index in [0.717, 1.165) is 32.6 Å². The molecule has 6 heteroatoms. The Kier molecular flexibility index (Phi) is 7.36. The number of hydrogen-bond donors (Lipinski definition) is 3. The van der Waals surface area contributed by atoms with Crippen LogP contribution in [0.3, 0.4) is 0 Å². The molecule has 3 N–H and O–H groups in total. The lowest BCUT2D eigenvalue weighted by Gasteiger charge is -2.28. The average molecular weight is 285 g/mol. The third-order valence-corrected chi connectivity index (χ3v) is 3.87. The SMILES string of the molecule is CC(C)C(CCNC(=O)N1CCNCC1)CCC(=O)O. The minimum Gasteiger partial charge on any atom is -0.481 e. The summed E-state index contributed by atoms with van der Waals surface area (Å²) in [4.78, 5) is 24.4. The fraction of sp³-hybridized carbons (Fsp3) is 0.857. The first-order valence-corrected chi connectivity index (χ1v) is 7.46. The van der Waals surface area contributed by atoms with Crippen LogP contribution in [0.1, 0.15) is 33.1 Å². The number of urea groups is 1. The summed E-state index contributed by atoms with van der Waals surface area (Å²) in [5.41, 5.74) is 0. The van der Waals surface area contributed by atoms with E-state index in [1.165, 1.54) is 0 Å². The number of nitrogens with one attached hydrogen (secondary N) is 2. The highest BCUT2D eigenvalue weighted by Crippen LogP contribution is 2.20. The summed E-state index contributed by atoms with van der Waals surface area (Å²) in [6.45, 7) is 8.01. The number of piperazine rings is 1. The van der Waals surface area contributed by atoms with E-state index < -0.39 is 5.97 Å². The van der Waals surface area contributed by atoms with Crippen LogP contribution < -0.4 is 10.6 Å². The minimum absolute atomic E-state index is 0.00718. The number of hydrogen-bond acceptors (Lipinski definition) is 3. The molecule has 1 saturated heterocycles. The van der Waals surface area contributed by atoms with Crippen LogP contribution >= 0.6 is 0 Å². The van der Waals surface area contributed by atoms with Crippen molar-refractivity contribution in [3.8, 4) is 0 Å². The number of carbonyl (C=O) groups is 2. The first kappa shape index (κ1) is 16.8. The molecule has 0 bridgehead atoms. The molecule has 0 spiro atoms. The predicted molar refractivity (Wildman–Crippen MR) is 77.7 cm³/mol. The van der Waals surface area contributed by atoms with Gasteiger partial charge >= 0.3 is 12.0 Å². The molecule has 20 heavy (non-hydrogen) atoms. The third kappa shape index (κ3) is 6.23. The van der Waals surface area contributed by atoms with E-state index in [0.29, 0.717) is 24.8 Å². The highest BCUT2D eigenvalue weighted by Gasteiger charge is 2.18. The topological polar surface area (TPSA) is 81.7 Å². The Labute approximate surface area is 120 Å². The number of amides is 2. The first-order valence-electron chi connectivity index (χ1n) is 7.46. The fourth-order valence-corrected chi connectivity index (χ4v) is 2.46. The van der Waals surface area contributed by atoms with Crippen LogP contribution in [0, 0.1) is 11.8 Å². The molecule has 1 rings (SSSR count). The summed E-state index contributed by atoms with van der Waals surface area (Å²) in [6.07, 6.45) is 1.72. The van der Waals surface area contributed by atoms with Crippen LogP contribution in [0.15, 0.2) is 0 Å². The minimum atomic E-state index is -0.750. The molecule has 0 saturated carbocycles. The molecule has 1 heterocycles. The van der Waals surface area contributed by atoms with Gasteiger partial charge in [0.25, 0.3) is 0 Å². The van der Waals surface area contributed by atoms with Gasteiger partial charge < -0.3 is 20.6 Å². The van der Waals surface area contributed by atoms with Crippen LogP contribution in [0.25, 0.3) is 0 Å². The lowest BCUT2D eigenvalue weighted by molar-refractivity contribution is -0.137. The van der Waals surface area contributed by atoms with Crippen LogP contribution in [0.2, 0.25) is 0 Å². The highest BCUT2D eigenvalue weighted by molar-refractivity contribution is 5.74. The molecule has 1 atom stereocenters. The average Bonchev–Trinajstić information content (AvgIpc) is 2.42. The van der Waals surface area contributed by atoms with Crippen molar-refractivity contribution in [2.75, 3.05) is 32.7 Å². The second-order valence-corrected chi connectivity index (χ2v) is 5.69. The number of aliphatic carboxylic acids is 1. The van der Waals surface area contributed by atoms with Gasteiger partial charge in [-0.2, -0.15) is 0 Å². The normalized spacial score (nSPS) is 17.1. The Morgan fingerprint density at radius 3 is 2.45 bits per heavy atom. The molecule has 0 radical (unpaired) electrons. The summed E-state index contributed by atoms with van der Waals surface area (Å²) in [6, 6.07) is -0.00718. The summed E-state index contributed by atoms with van der Waals surface area (Å²) >= 11 is 0. The second-order valence-electron chi connectivity index (χ2n) is 5.69. The molecule has 1 aliphatic heterocycles. The van der Waals surface area contributed by atoms with Gasteiger partial charge in [0.1, 0.15) is 0 Å². The standard InChI is InChI=1S/C14H27N3O3/c1-11(2)12(3-4-13(18)19)5-6-16-14(20)17-9-7-15-8-10-17/h11-12,15H,3-10H2,1-2H3,(H,16,20)(H,18,19). The smallest absolute Gasteiger partial charge is 0.317 e. The molecule has 1 unspecified atom stereocenters. The molecular weight excluding hydrogens is 258 g/mol. The monoisotopic (exact) mass is 285 g/mol. The van der Waals surface area contributed by atoms with Gasteiger partial charge in [-0.05, 0) is 24.7 Å². The molecule has 0 aromatic rings. The molecule has 1 fully saturated rings. The third-order valence-electron chi connectivity index (χ3n) is 3.87. The van der Waals surface area contributed by atoms with Crippen molar-refractivity contribution in [1.29, 1.82) is 0 Å². The molecular formula is C14H27N3O3. The highest BCUT2D eigenvalue weighted by atomic mass is 16.4. The number of nitrogens with zero attached hydrogens (tertiary/aromatic N) is 1. The number of rotatable bonds is 7. The summed E-state index contributed by atoms with van der Waals surface area (Å²) in [5, 5.41) is 14.9. The fourth-order valence-electron chi connectivity index (χ4n) is 2.46. The van der Waals surface area contributed by atoms with Gasteiger partial charge in [0.2, 0.25) is 0 Å². The van der Waals surface area contributed by atoms with E-state index >= 15 is 0 Å². The van der Waals surface area contributed by atoms with Gasteiger partial charge in [0.15, 0.2) is 0 Å². The van der Waals surface area contributed by atoms with Crippen molar-refractivity contribution in [3.05, 3.63) is 0 Å². The predicted octanol–water partition coefficient (Wildman–Crippen LogP) is 1.13. The van der Waals surface area contributed by atoms with Crippen molar-refractivity contribution in [2.24, 2.45) is 11.8 Å². The number of carboxylic acid groups (broad SMARTS) is 1. The first-order chi connectivity index (χ1) is 9.50. The van der Waals surface area contributed by atoms with Crippen molar-refractivity contribution in [3.63, 3.8) is 0 Å². The molecule has 2 amide bonds. The Morgan fingerprint density at radius 1 is 1.25 bits per heavy atom. The van der Waals surface area contributed by atoms with Crippen molar-refractivity contribution in [2.45, 2.75) is 33.1 Å². The lowest BCUT2D eigenvalue weighted by Crippen LogP contribution is -2.50. The lowest BCUT2D eigenvalue weighted by atomic mass is 9.88. The largest absolute Gasteiger partial charge is 0.481 e. The zero-order chi connectivity index (χ0) is 15.0. The van der Waals surface area contributed by atoms with E-state index in [-0.39, 0.29) is 12.5 Å². The van der Waals surface area contributed by atoms with E-state index in [1.54, 1.807) is 0 Å². The van der Waals surface area contributed by atoms with Gasteiger partial charge in [-0.25, -0.2) is 4.79 Å². The van der Waals surface area contributed by atoms with Crippen LogP contribution in [0.5, 0.6) is 0 Å². The maximum Gasteiger partial charge on any atom is 0.317 e. The van der Waals surface area contributed by atoms with Gasteiger partial charge in [0, 0.05) is 39.1 Å². The van der Waals surface area contributed by atoms with Crippen molar-refractivity contribution in [1.82, 2.24) is 15.5 Å². The molecule has 1 aliphatic rings. The van der Waals surface area contributed by atoms with E-state index in [1.807, 2.05) is 4.90 Å². The Hall–Kier alpha value is -1.30. The van der Waals surface area contributed by atoms with Crippen molar-refractivity contribution >= 4 is 12.0 Å². The zero-order valence-electron chi connectivity index (χ0n) is 12.5. The summed E-state index contributed by atoms with van der Waals surface area (Å²) < 4.78 is 0. The Bertz CT molecular complexity index is 315. The quantitative estimate of drug-likeness (QED) is 0.655. The maximum atomic E-state index is 11.9. The van der Waals surface area contributed by atoms with Gasteiger partial charge in [-0.15, -0.1) is 0 Å². The van der Waals surface area contributed by atoms with E-state index in [9.17, 15) is 9.59 Å². The number of carbonyl (C=O) groups excluding carboxylic acids is 1.